The molecule has 8 rings (SSSR count). The average molecular weight is 1170 g/mol. The number of imide groups is 2. The molecule has 4 aliphatic rings. The summed E-state index contributed by atoms with van der Waals surface area (Å²) in [5.74, 6) is -2.90. The molecule has 1 aromatic heterocycles. The van der Waals surface area contributed by atoms with Gasteiger partial charge >= 0.3 is 0 Å². The van der Waals surface area contributed by atoms with Gasteiger partial charge in [0.1, 0.15) is 0 Å². The van der Waals surface area contributed by atoms with Gasteiger partial charge in [0, 0.05) is 27.8 Å². The van der Waals surface area contributed by atoms with Crippen molar-refractivity contribution in [1.82, 2.24) is 15.2 Å². The summed E-state index contributed by atoms with van der Waals surface area (Å²) in [4.78, 5) is 97.5. The minimum atomic E-state index is -1.32. The Balaban J connectivity index is 0.000000529. The number of unbranched alkanes of at least 4 members (excludes halogenated alkanes) is 4. The highest BCUT2D eigenvalue weighted by atomic mass is 16.4. The minimum absolute atomic E-state index is 0.00455. The molecule has 4 bridgehead atoms. The highest BCUT2D eigenvalue weighted by molar-refractivity contribution is 6.13. The fourth-order valence-corrected chi connectivity index (χ4v) is 17.0. The Bertz CT molecular complexity index is 2800. The van der Waals surface area contributed by atoms with Crippen molar-refractivity contribution in [3.63, 3.8) is 0 Å². The summed E-state index contributed by atoms with van der Waals surface area (Å²) in [5, 5.41) is 25.5. The molecule has 0 spiro atoms. The number of aromatic nitrogens is 1. The van der Waals surface area contributed by atoms with Gasteiger partial charge in [-0.15, -0.1) is 0 Å². The number of fused-ring (bicyclic) bond motifs is 7. The van der Waals surface area contributed by atoms with Crippen LogP contribution >= 0.6 is 0 Å². The third-order valence-electron chi connectivity index (χ3n) is 20.3. The molecule has 14 heteroatoms. The first-order valence-electron chi connectivity index (χ1n) is 33.3. The first-order chi connectivity index (χ1) is 40.7. The SMILES string of the molecule is CCCC1(C(=O)Nc2ccc3c(c2)c2cc(NC(=O)C4(CCC)C[C@@]5(CCC)C[C@@](CCC)(C4)C(=O)NC5=O)ccc2n3-c2cccc(C(=O)[O-])c2)C[C@@]2(CCC)C[C@@](CCC)(C1)C(=O)NC2=O.CCCC[N+](CCCC)(CCCC)CCCC. The quantitative estimate of drug-likeness (QED) is 0.0292. The van der Waals surface area contributed by atoms with E-state index < -0.39 is 38.5 Å². The van der Waals surface area contributed by atoms with Crippen LogP contribution in [0.25, 0.3) is 27.5 Å². The predicted molar refractivity (Wildman–Crippen MR) is 340 cm³/mol. The van der Waals surface area contributed by atoms with Crippen LogP contribution in [0.2, 0.25) is 0 Å². The van der Waals surface area contributed by atoms with Crippen LogP contribution in [0.1, 0.15) is 247 Å². The maximum absolute atomic E-state index is 15.1. The number of anilines is 2. The molecular weight excluding hydrogens is 1060 g/mol. The van der Waals surface area contributed by atoms with E-state index in [1.165, 1.54) is 88.1 Å². The standard InChI is InChI=1S/C55H69N5O8.C16H36N/c1-7-20-50(29-52(22-9-3)33-53(30-50,23-10-4)47(66)58-46(52)65)44(63)56-36-16-18-41-39(27-36)40-28-37(17-19-42(40)60(41)38-15-13-14-35(26-38)43(61)62)57-45(64)51(21-8-2)31-54(24-11-5)34-55(32-51,25-12-6)49(68)59-48(54)67;1-5-9-13-17(14-10-6-2,15-11-7-3)16-12-8-4/h13-19,26-28H,7-12,20-25,29-34H2,1-6H3,(H,56,63)(H,57,64)(H,61,62)(H,58,65,66)(H,59,67,68);5-16H2,1-4H3/q;+1/p-1/t50?,51?,52-,53+,54-,55+;. The normalized spacial score (nSPS) is 25.5. The molecule has 6 atom stereocenters. The number of carbonyl (C=O) groups excluding carboxylic acids is 7. The molecule has 2 unspecified atom stereocenters. The first kappa shape index (κ1) is 66.6. The van der Waals surface area contributed by atoms with Crippen molar-refractivity contribution in [3.05, 3.63) is 66.2 Å². The summed E-state index contributed by atoms with van der Waals surface area (Å²) in [6, 6.07) is 17.7. The number of carboxylic acids is 1. The number of hydrogen-bond donors (Lipinski definition) is 4. The maximum Gasteiger partial charge on any atom is 0.232 e. The van der Waals surface area contributed by atoms with E-state index in [1.807, 2.05) is 88.6 Å². The number of nitrogens with one attached hydrogen (secondary N) is 4. The molecule has 14 nitrogen and oxygen atoms in total. The van der Waals surface area contributed by atoms with E-state index in [2.05, 4.69) is 49.0 Å². The van der Waals surface area contributed by atoms with Crippen LogP contribution in [0, 0.1) is 32.5 Å². The molecule has 466 valence electrons. The summed E-state index contributed by atoms with van der Waals surface area (Å²) in [5.41, 5.74) is -2.32. The van der Waals surface area contributed by atoms with Crippen molar-refractivity contribution in [3.8, 4) is 5.69 Å². The van der Waals surface area contributed by atoms with Crippen molar-refractivity contribution in [1.29, 1.82) is 0 Å². The topological polar surface area (TPSA) is 196 Å². The first-order valence-corrected chi connectivity index (χ1v) is 33.3. The molecule has 2 saturated carbocycles. The zero-order valence-corrected chi connectivity index (χ0v) is 53.6. The minimum Gasteiger partial charge on any atom is -0.545 e. The fourth-order valence-electron chi connectivity index (χ4n) is 17.0. The van der Waals surface area contributed by atoms with Gasteiger partial charge in [0.2, 0.25) is 35.4 Å². The number of hydrogen-bond acceptors (Lipinski definition) is 8. The Morgan fingerprint density at radius 1 is 0.459 bits per heavy atom. The summed E-state index contributed by atoms with van der Waals surface area (Å²) < 4.78 is 3.36. The number of piperidine rings is 2. The van der Waals surface area contributed by atoms with Gasteiger partial charge < -0.3 is 29.6 Å². The zero-order chi connectivity index (χ0) is 61.9. The summed E-state index contributed by atoms with van der Waals surface area (Å²) >= 11 is 0. The van der Waals surface area contributed by atoms with E-state index in [9.17, 15) is 29.1 Å². The van der Waals surface area contributed by atoms with Crippen LogP contribution in [0.15, 0.2) is 60.7 Å². The van der Waals surface area contributed by atoms with Crippen molar-refractivity contribution < 1.29 is 43.2 Å². The van der Waals surface area contributed by atoms with E-state index in [4.69, 9.17) is 0 Å². The van der Waals surface area contributed by atoms with E-state index in [-0.39, 0.29) is 41.0 Å². The van der Waals surface area contributed by atoms with Crippen LogP contribution in [0.3, 0.4) is 0 Å². The Morgan fingerprint density at radius 2 is 0.800 bits per heavy atom. The Labute approximate surface area is 508 Å². The molecule has 4 fully saturated rings. The van der Waals surface area contributed by atoms with Crippen molar-refractivity contribution >= 4 is 74.6 Å². The smallest absolute Gasteiger partial charge is 0.232 e. The van der Waals surface area contributed by atoms with Crippen LogP contribution in [-0.4, -0.2) is 76.6 Å². The molecule has 6 amide bonds. The van der Waals surface area contributed by atoms with Gasteiger partial charge in [-0.05, 0) is 157 Å². The van der Waals surface area contributed by atoms with Crippen molar-refractivity contribution in [2.45, 2.75) is 236 Å². The Kier molecular flexibility index (Phi) is 22.2. The van der Waals surface area contributed by atoms with E-state index >= 15 is 9.59 Å². The lowest BCUT2D eigenvalue weighted by Crippen LogP contribution is -2.65. The second kappa shape index (κ2) is 28.3. The van der Waals surface area contributed by atoms with Crippen LogP contribution < -0.4 is 26.4 Å². The van der Waals surface area contributed by atoms with Gasteiger partial charge in [0.25, 0.3) is 0 Å². The molecule has 2 aliphatic carbocycles. The molecule has 2 saturated heterocycles. The molecular formula is C71H104N6O8. The summed E-state index contributed by atoms with van der Waals surface area (Å²) in [6.07, 6.45) is 20.9. The van der Waals surface area contributed by atoms with Gasteiger partial charge in [0.05, 0.1) is 75.7 Å². The number of benzene rings is 3. The Morgan fingerprint density at radius 3 is 1.11 bits per heavy atom. The fraction of sp³-hybridized carbons (Fsp3) is 0.648. The lowest BCUT2D eigenvalue weighted by Gasteiger charge is -2.57. The third kappa shape index (κ3) is 13.6. The summed E-state index contributed by atoms with van der Waals surface area (Å²) in [7, 11) is 0. The van der Waals surface area contributed by atoms with E-state index in [0.717, 1.165) is 36.5 Å². The Hall–Kier alpha value is -5.89. The van der Waals surface area contributed by atoms with Crippen LogP contribution in [-0.2, 0) is 28.8 Å². The van der Waals surface area contributed by atoms with E-state index in [1.54, 1.807) is 12.1 Å². The van der Waals surface area contributed by atoms with Gasteiger partial charge in [-0.3, -0.25) is 39.4 Å². The van der Waals surface area contributed by atoms with Crippen molar-refractivity contribution in [2.24, 2.45) is 32.5 Å². The molecule has 4 aromatic rings. The number of amides is 6. The van der Waals surface area contributed by atoms with Gasteiger partial charge in [-0.25, -0.2) is 0 Å². The number of nitrogens with zero attached hydrogens (tertiary/aromatic N) is 2. The van der Waals surface area contributed by atoms with Crippen LogP contribution in [0.4, 0.5) is 11.4 Å². The zero-order valence-electron chi connectivity index (χ0n) is 53.6. The number of carboxylic acid groups (broad SMARTS) is 1. The van der Waals surface area contributed by atoms with Crippen molar-refractivity contribution in [2.75, 3.05) is 36.8 Å². The maximum atomic E-state index is 15.1. The average Bonchev–Trinajstić information content (AvgIpc) is 1.35. The highest BCUT2D eigenvalue weighted by Gasteiger charge is 2.66. The molecule has 0 radical (unpaired) electrons. The number of rotatable bonds is 30. The van der Waals surface area contributed by atoms with Gasteiger partial charge in [0.15, 0.2) is 0 Å². The molecule has 3 heterocycles. The monoisotopic (exact) mass is 1170 g/mol. The number of aromatic carboxylic acids is 1. The second-order valence-electron chi connectivity index (χ2n) is 27.0. The lowest BCUT2D eigenvalue weighted by atomic mass is 9.47. The third-order valence-corrected chi connectivity index (χ3v) is 20.3. The second-order valence-corrected chi connectivity index (χ2v) is 27.0. The number of quaternary nitrogens is 1. The molecule has 3 aromatic carbocycles. The van der Waals surface area contributed by atoms with Gasteiger partial charge in [-0.1, -0.05) is 146 Å². The van der Waals surface area contributed by atoms with Crippen LogP contribution in [0.5, 0.6) is 0 Å². The lowest BCUT2D eigenvalue weighted by molar-refractivity contribution is -0.929. The van der Waals surface area contributed by atoms with E-state index in [0.29, 0.717) is 118 Å². The van der Waals surface area contributed by atoms with Gasteiger partial charge in [-0.2, -0.15) is 0 Å². The molecule has 85 heavy (non-hydrogen) atoms. The highest BCUT2D eigenvalue weighted by Crippen LogP contribution is 2.63. The summed E-state index contributed by atoms with van der Waals surface area (Å²) in [6.45, 7) is 27.2. The predicted octanol–water partition coefficient (Wildman–Crippen LogP) is 14.4. The largest absolute Gasteiger partial charge is 0.545 e. The number of carbonyl (C=O) groups is 7. The molecule has 2 aliphatic heterocycles. The molecule has 4 N–H and O–H groups in total.